The molecule has 0 aromatic carbocycles. The molecule has 0 radical (unpaired) electrons. The summed E-state index contributed by atoms with van der Waals surface area (Å²) in [5.41, 5.74) is 4.64. The first kappa shape index (κ1) is 28.2. The second-order valence-corrected chi connectivity index (χ2v) is 13.1. The quantitative estimate of drug-likeness (QED) is 0.249. The van der Waals surface area contributed by atoms with E-state index in [9.17, 15) is 5.26 Å². The highest BCUT2D eigenvalue weighted by molar-refractivity contribution is 5.85. The number of nitrogens with zero attached hydrogens (tertiary/aromatic N) is 8. The van der Waals surface area contributed by atoms with E-state index >= 15 is 0 Å². The zero-order valence-electron chi connectivity index (χ0n) is 25.8. The number of nitriles is 1. The number of aromatic nitrogens is 4. The van der Waals surface area contributed by atoms with E-state index in [0.29, 0.717) is 47.9 Å². The van der Waals surface area contributed by atoms with Crippen molar-refractivity contribution in [1.82, 2.24) is 29.4 Å². The molecule has 45 heavy (non-hydrogen) atoms. The molecule has 11 heteroatoms. The number of rotatable bonds is 10. The number of piperidine rings is 1. The van der Waals surface area contributed by atoms with Gasteiger partial charge < -0.3 is 24.0 Å². The molecule has 5 fully saturated rings. The van der Waals surface area contributed by atoms with E-state index in [1.807, 2.05) is 30.7 Å². The standard InChI is InChI=1S/C34H38N8O3/c1-39-21-30(34(22-39)7-8-34)45-10-9-44-28-12-29(33-25(13-35)16-38-42(33)20-28)24-4-5-31(36-15-24)40-18-26-11-27(19-40)41(26)17-23-3-6-32(43-2)37-14-23/h3-6,12,14-16,20,26-27,30H,7-11,17-19,21-22H2,1-2H3. The lowest BCUT2D eigenvalue weighted by molar-refractivity contribution is -0.00876. The number of piperazine rings is 1. The van der Waals surface area contributed by atoms with Crippen LogP contribution in [0.2, 0.25) is 0 Å². The number of methoxy groups -OCH3 is 1. The molecule has 4 saturated heterocycles. The lowest BCUT2D eigenvalue weighted by Gasteiger charge is -2.56. The van der Waals surface area contributed by atoms with Crippen molar-refractivity contribution >= 4 is 11.3 Å². The number of likely N-dealkylation sites (tertiary alicyclic amines) is 1. The van der Waals surface area contributed by atoms with Crippen molar-refractivity contribution in [3.63, 3.8) is 0 Å². The van der Waals surface area contributed by atoms with Crippen molar-refractivity contribution < 1.29 is 14.2 Å². The Morgan fingerprint density at radius 1 is 1.02 bits per heavy atom. The first-order valence-corrected chi connectivity index (χ1v) is 15.8. The van der Waals surface area contributed by atoms with E-state index in [2.05, 4.69) is 56.1 Å². The molecule has 1 spiro atoms. The second-order valence-electron chi connectivity index (χ2n) is 13.1. The predicted octanol–water partition coefficient (Wildman–Crippen LogP) is 3.62. The average Bonchev–Trinajstić information content (AvgIpc) is 3.61. The molecule has 3 atom stereocenters. The maximum atomic E-state index is 9.80. The molecule has 232 valence electrons. The van der Waals surface area contributed by atoms with Gasteiger partial charge in [-0.05, 0) is 50.1 Å². The van der Waals surface area contributed by atoms with Gasteiger partial charge in [-0.25, -0.2) is 14.5 Å². The van der Waals surface area contributed by atoms with Gasteiger partial charge in [0.1, 0.15) is 24.2 Å². The minimum Gasteiger partial charge on any atom is -0.490 e. The number of likely N-dealkylation sites (N-methyl/N-ethyl adjacent to an activating group) is 1. The first-order chi connectivity index (χ1) is 22.0. The summed E-state index contributed by atoms with van der Waals surface area (Å²) in [7, 11) is 3.81. The van der Waals surface area contributed by atoms with E-state index in [4.69, 9.17) is 19.2 Å². The zero-order valence-corrected chi connectivity index (χ0v) is 25.8. The molecule has 9 rings (SSSR count). The summed E-state index contributed by atoms with van der Waals surface area (Å²) in [5, 5.41) is 14.2. The Kier molecular flexibility index (Phi) is 7.08. The van der Waals surface area contributed by atoms with Crippen molar-refractivity contribution in [2.24, 2.45) is 5.41 Å². The highest BCUT2D eigenvalue weighted by Gasteiger charge is 2.54. The largest absolute Gasteiger partial charge is 0.490 e. The number of ether oxygens (including phenoxy) is 3. The van der Waals surface area contributed by atoms with Crippen molar-refractivity contribution in [3.8, 4) is 28.8 Å². The van der Waals surface area contributed by atoms with Crippen LogP contribution in [0.3, 0.4) is 0 Å². The Balaban J connectivity index is 0.940. The molecule has 3 unspecified atom stereocenters. The van der Waals surface area contributed by atoms with E-state index in [0.717, 1.165) is 55.2 Å². The number of fused-ring (bicyclic) bond motifs is 3. The van der Waals surface area contributed by atoms with Crippen LogP contribution in [0.4, 0.5) is 5.82 Å². The normalized spacial score (nSPS) is 23.7. The number of hydrogen-bond acceptors (Lipinski definition) is 10. The zero-order chi connectivity index (χ0) is 30.5. The van der Waals surface area contributed by atoms with Crippen LogP contribution in [0.15, 0.2) is 55.1 Å². The van der Waals surface area contributed by atoms with Gasteiger partial charge in [-0.2, -0.15) is 10.4 Å². The Labute approximate surface area is 262 Å². The topological polar surface area (TPSA) is 104 Å². The maximum Gasteiger partial charge on any atom is 0.212 e. The molecule has 5 aliphatic rings. The highest BCUT2D eigenvalue weighted by atomic mass is 16.5. The van der Waals surface area contributed by atoms with Crippen LogP contribution in [0.5, 0.6) is 11.6 Å². The lowest BCUT2D eigenvalue weighted by atomic mass is 9.87. The molecule has 0 amide bonds. The van der Waals surface area contributed by atoms with Crippen LogP contribution in [-0.2, 0) is 11.3 Å². The van der Waals surface area contributed by atoms with E-state index in [1.165, 1.54) is 24.8 Å². The molecule has 4 aromatic heterocycles. The summed E-state index contributed by atoms with van der Waals surface area (Å²) in [5.74, 6) is 2.30. The highest BCUT2D eigenvalue weighted by Crippen LogP contribution is 2.53. The molecule has 8 heterocycles. The third kappa shape index (κ3) is 5.27. The van der Waals surface area contributed by atoms with Crippen LogP contribution in [-0.4, -0.2) is 101 Å². The SMILES string of the molecule is COc1ccc(CN2C3CC2CN(c2ccc(-c4cc(OCCOC5CN(C)CC56CC6)cn5ncc(C#N)c45)cn2)C3)cn1. The van der Waals surface area contributed by atoms with Crippen molar-refractivity contribution in [3.05, 3.63) is 66.2 Å². The molecule has 4 aliphatic heterocycles. The number of pyridine rings is 3. The van der Waals surface area contributed by atoms with Gasteiger partial charge in [-0.3, -0.25) is 4.90 Å². The van der Waals surface area contributed by atoms with E-state index in [-0.39, 0.29) is 6.10 Å². The summed E-state index contributed by atoms with van der Waals surface area (Å²) < 4.78 is 19.4. The van der Waals surface area contributed by atoms with Gasteiger partial charge in [0.25, 0.3) is 0 Å². The predicted molar refractivity (Wildman–Crippen MR) is 168 cm³/mol. The minimum absolute atomic E-state index is 0.290. The van der Waals surface area contributed by atoms with Gasteiger partial charge in [0.2, 0.25) is 5.88 Å². The van der Waals surface area contributed by atoms with E-state index < -0.39 is 0 Å². The summed E-state index contributed by atoms with van der Waals surface area (Å²) in [4.78, 5) is 16.6. The average molecular weight is 607 g/mol. The second kappa shape index (κ2) is 11.3. The molecule has 2 bridgehead atoms. The van der Waals surface area contributed by atoms with Crippen molar-refractivity contribution in [2.45, 2.75) is 44.0 Å². The maximum absolute atomic E-state index is 9.80. The Morgan fingerprint density at radius 3 is 2.60 bits per heavy atom. The van der Waals surface area contributed by atoms with Gasteiger partial charge in [0.05, 0.1) is 43.3 Å². The van der Waals surface area contributed by atoms with Gasteiger partial charge in [0.15, 0.2) is 0 Å². The number of hydrogen-bond donors (Lipinski definition) is 0. The number of anilines is 1. The third-order valence-corrected chi connectivity index (χ3v) is 10.1. The Morgan fingerprint density at radius 2 is 1.89 bits per heavy atom. The molecular weight excluding hydrogens is 568 g/mol. The van der Waals surface area contributed by atoms with Crippen LogP contribution in [0.25, 0.3) is 16.6 Å². The lowest BCUT2D eigenvalue weighted by Crippen LogP contribution is -2.68. The van der Waals surface area contributed by atoms with Crippen LogP contribution >= 0.6 is 0 Å². The molecule has 1 saturated carbocycles. The molecule has 11 nitrogen and oxygen atoms in total. The third-order valence-electron chi connectivity index (χ3n) is 10.1. The summed E-state index contributed by atoms with van der Waals surface area (Å²) in [6, 6.07) is 13.5. The van der Waals surface area contributed by atoms with E-state index in [1.54, 1.807) is 17.8 Å². The Bertz CT molecular complexity index is 1720. The van der Waals surface area contributed by atoms with Gasteiger partial charge in [-0.1, -0.05) is 6.07 Å². The molecule has 1 aliphatic carbocycles. The van der Waals surface area contributed by atoms with Crippen LogP contribution < -0.4 is 14.4 Å². The van der Waals surface area contributed by atoms with Crippen LogP contribution in [0.1, 0.15) is 30.4 Å². The van der Waals surface area contributed by atoms with Gasteiger partial charge in [-0.15, -0.1) is 0 Å². The summed E-state index contributed by atoms with van der Waals surface area (Å²) in [6.45, 7) is 5.90. The molecular formula is C34H38N8O3. The van der Waals surface area contributed by atoms with Crippen LogP contribution in [0, 0.1) is 16.7 Å². The van der Waals surface area contributed by atoms with Gasteiger partial charge >= 0.3 is 0 Å². The monoisotopic (exact) mass is 606 g/mol. The Hall–Kier alpha value is -4.24. The fourth-order valence-corrected chi connectivity index (χ4v) is 7.58. The fourth-order valence-electron chi connectivity index (χ4n) is 7.58. The summed E-state index contributed by atoms with van der Waals surface area (Å²) in [6.07, 6.45) is 11.3. The van der Waals surface area contributed by atoms with Gasteiger partial charge in [0, 0.05) is 79.8 Å². The fraction of sp³-hybridized carbons (Fsp3) is 0.471. The first-order valence-electron chi connectivity index (χ1n) is 15.8. The molecule has 0 N–H and O–H groups in total. The smallest absolute Gasteiger partial charge is 0.212 e. The van der Waals surface area contributed by atoms with Crippen molar-refractivity contribution in [2.75, 3.05) is 58.5 Å². The minimum atomic E-state index is 0.290. The summed E-state index contributed by atoms with van der Waals surface area (Å²) >= 11 is 0. The molecule has 4 aromatic rings. The van der Waals surface area contributed by atoms with Crippen molar-refractivity contribution in [1.29, 1.82) is 5.26 Å².